The molecular weight excluding hydrogens is 462 g/mol. The van der Waals surface area contributed by atoms with Crippen LogP contribution in [0.4, 0.5) is 5.69 Å². The fraction of sp³-hybridized carbons (Fsp3) is 0.185. The second-order valence-corrected chi connectivity index (χ2v) is 8.96. The number of ether oxygens (including phenoxy) is 2. The monoisotopic (exact) mass is 485 g/mol. The SMILES string of the molecule is CCOC(=O)c1cc2c(s1)-c1ccccc1N(C(=O)c1cccc(-c3ccc(OC)nc3)n1)CC2. The van der Waals surface area contributed by atoms with E-state index < -0.39 is 0 Å². The van der Waals surface area contributed by atoms with Crippen molar-refractivity contribution in [3.05, 3.63) is 83.0 Å². The zero-order chi connectivity index (χ0) is 24.4. The minimum absolute atomic E-state index is 0.179. The summed E-state index contributed by atoms with van der Waals surface area (Å²) in [5, 5.41) is 0. The van der Waals surface area contributed by atoms with Crippen molar-refractivity contribution in [2.75, 3.05) is 25.2 Å². The lowest BCUT2D eigenvalue weighted by Gasteiger charge is -2.22. The van der Waals surface area contributed by atoms with Gasteiger partial charge >= 0.3 is 5.97 Å². The van der Waals surface area contributed by atoms with Gasteiger partial charge in [0.25, 0.3) is 5.91 Å². The molecule has 0 saturated carbocycles. The average molecular weight is 486 g/mol. The highest BCUT2D eigenvalue weighted by molar-refractivity contribution is 7.17. The van der Waals surface area contributed by atoms with Gasteiger partial charge in [-0.25, -0.2) is 14.8 Å². The van der Waals surface area contributed by atoms with Crippen molar-refractivity contribution >= 4 is 28.9 Å². The van der Waals surface area contributed by atoms with Crippen LogP contribution >= 0.6 is 11.3 Å². The number of aromatic nitrogens is 2. The van der Waals surface area contributed by atoms with Gasteiger partial charge in [0.05, 0.1) is 25.1 Å². The number of para-hydroxylation sites is 1. The summed E-state index contributed by atoms with van der Waals surface area (Å²) in [4.78, 5) is 38.2. The lowest BCUT2D eigenvalue weighted by Crippen LogP contribution is -2.33. The van der Waals surface area contributed by atoms with Crippen molar-refractivity contribution in [2.24, 2.45) is 0 Å². The van der Waals surface area contributed by atoms with Crippen LogP contribution in [0.15, 0.2) is 66.9 Å². The van der Waals surface area contributed by atoms with E-state index in [-0.39, 0.29) is 11.9 Å². The molecule has 1 aliphatic heterocycles. The quantitative estimate of drug-likeness (QED) is 0.359. The summed E-state index contributed by atoms with van der Waals surface area (Å²) in [5.74, 6) is 0.0206. The van der Waals surface area contributed by atoms with Crippen LogP contribution in [0.5, 0.6) is 5.88 Å². The molecule has 5 rings (SSSR count). The van der Waals surface area contributed by atoms with Gasteiger partial charge in [0.15, 0.2) is 0 Å². The van der Waals surface area contributed by atoms with Crippen LogP contribution in [-0.2, 0) is 11.2 Å². The Kier molecular flexibility index (Phi) is 6.29. The highest BCUT2D eigenvalue weighted by Gasteiger charge is 2.28. The van der Waals surface area contributed by atoms with E-state index in [1.54, 1.807) is 37.3 Å². The number of anilines is 1. The number of carbonyl (C=O) groups is 2. The maximum Gasteiger partial charge on any atom is 0.348 e. The van der Waals surface area contributed by atoms with Crippen molar-refractivity contribution in [1.29, 1.82) is 0 Å². The Hall–Kier alpha value is -4.04. The summed E-state index contributed by atoms with van der Waals surface area (Å²) in [6.07, 6.45) is 2.30. The molecule has 0 atom stereocenters. The van der Waals surface area contributed by atoms with Gasteiger partial charge in [0.1, 0.15) is 10.6 Å². The number of esters is 1. The molecule has 0 spiro atoms. The summed E-state index contributed by atoms with van der Waals surface area (Å²) in [5.41, 5.74) is 4.56. The smallest absolute Gasteiger partial charge is 0.348 e. The number of hydrogen-bond acceptors (Lipinski definition) is 7. The van der Waals surface area contributed by atoms with E-state index >= 15 is 0 Å². The normalized spacial score (nSPS) is 12.3. The molecule has 3 aromatic heterocycles. The Balaban J connectivity index is 1.49. The van der Waals surface area contributed by atoms with Crippen molar-refractivity contribution < 1.29 is 19.1 Å². The standard InChI is InChI=1S/C27H23N3O4S/c1-3-34-27(32)23-15-17-13-14-30(22-10-5-4-7-19(22)25(17)35-23)26(31)21-9-6-8-20(29-21)18-11-12-24(33-2)28-16-18/h4-12,15-16H,3,13-14H2,1-2H3. The summed E-state index contributed by atoms with van der Waals surface area (Å²) >= 11 is 1.41. The third-order valence-corrected chi connectivity index (χ3v) is 6.98. The molecule has 0 radical (unpaired) electrons. The summed E-state index contributed by atoms with van der Waals surface area (Å²) < 4.78 is 10.3. The topological polar surface area (TPSA) is 81.6 Å². The van der Waals surface area contributed by atoms with Gasteiger partial charge in [-0.2, -0.15) is 0 Å². The van der Waals surface area contributed by atoms with Gasteiger partial charge in [-0.3, -0.25) is 4.79 Å². The number of fused-ring (bicyclic) bond motifs is 3. The molecule has 8 heteroatoms. The lowest BCUT2D eigenvalue weighted by molar-refractivity contribution is 0.0532. The van der Waals surface area contributed by atoms with E-state index in [1.165, 1.54) is 11.3 Å². The molecule has 1 aromatic carbocycles. The lowest BCUT2D eigenvalue weighted by atomic mass is 10.1. The molecule has 0 bridgehead atoms. The molecule has 0 saturated heterocycles. The first kappa shape index (κ1) is 22.7. The van der Waals surface area contributed by atoms with Crippen LogP contribution in [0.25, 0.3) is 21.7 Å². The molecule has 0 N–H and O–H groups in total. The van der Waals surface area contributed by atoms with E-state index in [1.807, 2.05) is 48.5 Å². The number of pyridine rings is 2. The van der Waals surface area contributed by atoms with Crippen molar-refractivity contribution in [3.8, 4) is 27.6 Å². The molecule has 0 aliphatic carbocycles. The minimum atomic E-state index is -0.315. The van der Waals surface area contributed by atoms with Crippen molar-refractivity contribution in [1.82, 2.24) is 9.97 Å². The Morgan fingerprint density at radius 3 is 2.71 bits per heavy atom. The molecule has 4 aromatic rings. The number of nitrogens with zero attached hydrogens (tertiary/aromatic N) is 3. The van der Waals surface area contributed by atoms with Crippen LogP contribution in [0, 0.1) is 0 Å². The first-order valence-electron chi connectivity index (χ1n) is 11.3. The van der Waals surface area contributed by atoms with E-state index in [4.69, 9.17) is 9.47 Å². The van der Waals surface area contributed by atoms with Gasteiger partial charge in [0.2, 0.25) is 5.88 Å². The molecule has 0 fully saturated rings. The van der Waals surface area contributed by atoms with Crippen LogP contribution in [0.2, 0.25) is 0 Å². The molecule has 176 valence electrons. The van der Waals surface area contributed by atoms with Gasteiger partial charge in [-0.1, -0.05) is 24.3 Å². The Labute approximate surface area is 207 Å². The second-order valence-electron chi connectivity index (χ2n) is 7.91. The molecule has 1 aliphatic rings. The van der Waals surface area contributed by atoms with E-state index in [0.29, 0.717) is 41.7 Å². The fourth-order valence-corrected chi connectivity index (χ4v) is 5.25. The number of amides is 1. The maximum absolute atomic E-state index is 13.7. The number of carbonyl (C=O) groups excluding carboxylic acids is 2. The Bertz CT molecular complexity index is 1400. The van der Waals surface area contributed by atoms with E-state index in [9.17, 15) is 9.59 Å². The Morgan fingerprint density at radius 1 is 1.09 bits per heavy atom. The minimum Gasteiger partial charge on any atom is -0.481 e. The fourth-order valence-electron chi connectivity index (χ4n) is 4.12. The van der Waals surface area contributed by atoms with Gasteiger partial charge in [-0.15, -0.1) is 11.3 Å². The molecule has 0 unspecified atom stereocenters. The maximum atomic E-state index is 13.7. The largest absolute Gasteiger partial charge is 0.481 e. The van der Waals surface area contributed by atoms with Crippen LogP contribution < -0.4 is 9.64 Å². The number of hydrogen-bond donors (Lipinski definition) is 0. The van der Waals surface area contributed by atoms with Crippen molar-refractivity contribution in [3.63, 3.8) is 0 Å². The third-order valence-electron chi connectivity index (χ3n) is 5.78. The number of benzene rings is 1. The van der Waals surface area contributed by atoms with Crippen LogP contribution in [0.3, 0.4) is 0 Å². The Morgan fingerprint density at radius 2 is 1.94 bits per heavy atom. The van der Waals surface area contributed by atoms with Crippen LogP contribution in [-0.4, -0.2) is 42.1 Å². The highest BCUT2D eigenvalue weighted by atomic mass is 32.1. The van der Waals surface area contributed by atoms with Crippen LogP contribution in [0.1, 0.15) is 32.6 Å². The number of rotatable bonds is 5. The number of thiophene rings is 1. The predicted octanol–water partition coefficient (Wildman–Crippen LogP) is 5.26. The third kappa shape index (κ3) is 4.40. The summed E-state index contributed by atoms with van der Waals surface area (Å²) in [6.45, 7) is 2.60. The summed E-state index contributed by atoms with van der Waals surface area (Å²) in [7, 11) is 1.56. The predicted molar refractivity (Wildman–Crippen MR) is 135 cm³/mol. The first-order valence-corrected chi connectivity index (χ1v) is 12.1. The molecule has 7 nitrogen and oxygen atoms in total. The zero-order valence-corrected chi connectivity index (χ0v) is 20.2. The summed E-state index contributed by atoms with van der Waals surface area (Å²) in [6, 6.07) is 18.7. The van der Waals surface area contributed by atoms with Gasteiger partial charge in [0, 0.05) is 34.8 Å². The van der Waals surface area contributed by atoms with E-state index in [0.717, 1.165) is 27.3 Å². The molecule has 35 heavy (non-hydrogen) atoms. The highest BCUT2D eigenvalue weighted by Crippen LogP contribution is 2.42. The van der Waals surface area contributed by atoms with Gasteiger partial charge < -0.3 is 14.4 Å². The zero-order valence-electron chi connectivity index (χ0n) is 19.4. The molecular formula is C27H23N3O4S. The first-order chi connectivity index (χ1) is 17.1. The average Bonchev–Trinajstić information content (AvgIpc) is 3.27. The van der Waals surface area contributed by atoms with E-state index in [2.05, 4.69) is 9.97 Å². The second kappa shape index (κ2) is 9.68. The van der Waals surface area contributed by atoms with Gasteiger partial charge in [-0.05, 0) is 49.2 Å². The number of methoxy groups -OCH3 is 1. The molecule has 4 heterocycles. The van der Waals surface area contributed by atoms with Crippen molar-refractivity contribution in [2.45, 2.75) is 13.3 Å². The molecule has 1 amide bonds.